The molecule has 2 aromatic rings. The molecule has 1 aromatic carbocycles. The minimum absolute atomic E-state index is 0.00501. The predicted octanol–water partition coefficient (Wildman–Crippen LogP) is 5.79. The van der Waals surface area contributed by atoms with Crippen LogP contribution in [0.1, 0.15) is 78.6 Å². The van der Waals surface area contributed by atoms with Crippen molar-refractivity contribution in [1.29, 1.82) is 0 Å². The predicted molar refractivity (Wildman–Crippen MR) is 130 cm³/mol. The summed E-state index contributed by atoms with van der Waals surface area (Å²) in [6.07, 6.45) is 2.58. The highest BCUT2D eigenvalue weighted by Crippen LogP contribution is 2.52. The van der Waals surface area contributed by atoms with E-state index in [4.69, 9.17) is 4.74 Å². The molecule has 0 radical (unpaired) electrons. The number of carbonyl (C=O) groups excluding carboxylic acids is 1. The second kappa shape index (κ2) is 9.24. The molecule has 1 amide bonds. The van der Waals surface area contributed by atoms with Crippen molar-refractivity contribution >= 4 is 33.9 Å². The number of aromatic carboxylic acids is 1. The van der Waals surface area contributed by atoms with Gasteiger partial charge in [0, 0.05) is 29.3 Å². The van der Waals surface area contributed by atoms with E-state index >= 15 is 0 Å². The zero-order valence-electron chi connectivity index (χ0n) is 19.8. The molecule has 1 heterocycles. The highest BCUT2D eigenvalue weighted by atomic mass is 32.1. The number of hydrogen-bond acceptors (Lipinski definition) is 5. The van der Waals surface area contributed by atoms with Gasteiger partial charge in [0.2, 0.25) is 0 Å². The van der Waals surface area contributed by atoms with Gasteiger partial charge < -0.3 is 20.5 Å². The van der Waals surface area contributed by atoms with Crippen LogP contribution in [0.4, 0.5) is 10.7 Å². The second-order valence-corrected chi connectivity index (χ2v) is 11.1. The molecule has 6 nitrogen and oxygen atoms in total. The summed E-state index contributed by atoms with van der Waals surface area (Å²) in [6, 6.07) is 7.41. The van der Waals surface area contributed by atoms with E-state index in [-0.39, 0.29) is 28.3 Å². The van der Waals surface area contributed by atoms with Gasteiger partial charge in [0.25, 0.3) is 5.91 Å². The van der Waals surface area contributed by atoms with Gasteiger partial charge in [-0.3, -0.25) is 4.79 Å². The van der Waals surface area contributed by atoms with Crippen LogP contribution >= 0.6 is 11.3 Å². The first-order valence-electron chi connectivity index (χ1n) is 11.0. The molecule has 0 saturated carbocycles. The Bertz CT molecular complexity index is 992. The number of carboxylic acid groups (broad SMARTS) is 1. The average Bonchev–Trinajstić information content (AvgIpc) is 3.05. The van der Waals surface area contributed by atoms with E-state index in [0.717, 1.165) is 29.0 Å². The van der Waals surface area contributed by atoms with Crippen molar-refractivity contribution in [3.8, 4) is 0 Å². The molecular formula is C25H34N2O4S. The number of amides is 1. The number of carboxylic acids is 1. The zero-order valence-corrected chi connectivity index (χ0v) is 20.6. The van der Waals surface area contributed by atoms with E-state index in [0.29, 0.717) is 23.6 Å². The summed E-state index contributed by atoms with van der Waals surface area (Å²) in [4.78, 5) is 26.2. The summed E-state index contributed by atoms with van der Waals surface area (Å²) < 4.78 is 5.21. The van der Waals surface area contributed by atoms with Gasteiger partial charge in [-0.25, -0.2) is 4.79 Å². The van der Waals surface area contributed by atoms with E-state index in [1.807, 2.05) is 12.1 Å². The smallest absolute Gasteiger partial charge is 0.339 e. The molecule has 0 bridgehead atoms. The van der Waals surface area contributed by atoms with Crippen LogP contribution in [0.2, 0.25) is 0 Å². The normalized spacial score (nSPS) is 17.3. The summed E-state index contributed by atoms with van der Waals surface area (Å²) in [5.74, 6) is -1.30. The fourth-order valence-corrected chi connectivity index (χ4v) is 6.21. The number of methoxy groups -OCH3 is 1. The van der Waals surface area contributed by atoms with Gasteiger partial charge in [0.15, 0.2) is 0 Å². The van der Waals surface area contributed by atoms with Gasteiger partial charge in [-0.05, 0) is 59.9 Å². The van der Waals surface area contributed by atoms with Crippen molar-refractivity contribution < 1.29 is 19.4 Å². The Kier molecular flexibility index (Phi) is 7.00. The lowest BCUT2D eigenvalue weighted by Gasteiger charge is -2.40. The topological polar surface area (TPSA) is 87.7 Å². The number of thiophene rings is 1. The van der Waals surface area contributed by atoms with Crippen molar-refractivity contribution in [2.45, 2.75) is 65.3 Å². The van der Waals surface area contributed by atoms with E-state index in [1.54, 1.807) is 19.2 Å². The Morgan fingerprint density at radius 3 is 2.41 bits per heavy atom. The number of ether oxygens (including phenoxy) is 1. The van der Waals surface area contributed by atoms with Gasteiger partial charge in [-0.15, -0.1) is 11.3 Å². The maximum atomic E-state index is 12.9. The number of fused-ring (bicyclic) bond motifs is 1. The van der Waals surface area contributed by atoms with Crippen LogP contribution < -0.4 is 10.6 Å². The molecule has 32 heavy (non-hydrogen) atoms. The fraction of sp³-hybridized carbons (Fsp3) is 0.520. The summed E-state index contributed by atoms with van der Waals surface area (Å²) in [6.45, 7) is 11.3. The summed E-state index contributed by atoms with van der Waals surface area (Å²) in [7, 11) is 1.67. The largest absolute Gasteiger partial charge is 0.478 e. The van der Waals surface area contributed by atoms with Crippen molar-refractivity contribution in [2.75, 3.05) is 24.4 Å². The van der Waals surface area contributed by atoms with Crippen LogP contribution in [0.15, 0.2) is 24.3 Å². The van der Waals surface area contributed by atoms with Gasteiger partial charge in [-0.1, -0.05) is 34.6 Å². The molecule has 0 aliphatic heterocycles. The maximum absolute atomic E-state index is 12.9. The fourth-order valence-electron chi connectivity index (χ4n) is 4.90. The molecule has 1 unspecified atom stereocenters. The lowest BCUT2D eigenvalue weighted by atomic mass is 9.65. The van der Waals surface area contributed by atoms with E-state index in [2.05, 4.69) is 45.3 Å². The third-order valence-electron chi connectivity index (χ3n) is 6.02. The number of hydrogen-bond donors (Lipinski definition) is 3. The van der Waals surface area contributed by atoms with Gasteiger partial charge >= 0.3 is 5.97 Å². The zero-order chi connectivity index (χ0) is 23.7. The summed E-state index contributed by atoms with van der Waals surface area (Å²) >= 11 is 1.40. The molecule has 1 aliphatic carbocycles. The number of rotatable bonds is 8. The molecule has 1 aliphatic rings. The van der Waals surface area contributed by atoms with E-state index < -0.39 is 5.97 Å². The molecule has 7 heteroatoms. The third kappa shape index (κ3) is 5.15. The number of benzene rings is 1. The summed E-state index contributed by atoms with van der Waals surface area (Å²) in [5.41, 5.74) is 2.36. The monoisotopic (exact) mass is 458 g/mol. The Labute approximate surface area is 194 Å². The average molecular weight is 459 g/mol. The van der Waals surface area contributed by atoms with Crippen molar-refractivity contribution in [3.63, 3.8) is 0 Å². The Hall–Kier alpha value is -2.38. The number of nitrogens with one attached hydrogen (secondary N) is 2. The van der Waals surface area contributed by atoms with Crippen LogP contribution in [0.25, 0.3) is 0 Å². The molecule has 3 rings (SSSR count). The quantitative estimate of drug-likeness (QED) is 0.466. The van der Waals surface area contributed by atoms with E-state index in [1.165, 1.54) is 11.3 Å². The summed E-state index contributed by atoms with van der Waals surface area (Å²) in [5, 5.41) is 16.6. The third-order valence-corrected chi connectivity index (χ3v) is 7.53. The SMILES string of the molecule is CCC(COC)Nc1ccc(C(=O)Nc2sc3c(c2C(=O)O)CC(C)(C)CC3(C)C)cc1. The van der Waals surface area contributed by atoms with E-state index in [9.17, 15) is 14.7 Å². The molecule has 0 spiro atoms. The van der Waals surface area contributed by atoms with Crippen molar-refractivity contribution in [3.05, 3.63) is 45.8 Å². The van der Waals surface area contributed by atoms with Crippen LogP contribution in [-0.2, 0) is 16.6 Å². The van der Waals surface area contributed by atoms with Crippen molar-refractivity contribution in [1.82, 2.24) is 0 Å². The number of carbonyl (C=O) groups is 2. The number of anilines is 2. The minimum Gasteiger partial charge on any atom is -0.478 e. The Balaban J connectivity index is 1.84. The van der Waals surface area contributed by atoms with Crippen LogP contribution in [0.5, 0.6) is 0 Å². The highest BCUT2D eigenvalue weighted by molar-refractivity contribution is 7.17. The Morgan fingerprint density at radius 2 is 1.84 bits per heavy atom. The molecule has 174 valence electrons. The standard InChI is InChI=1S/C25H34N2O4S/c1-7-16(13-31-6)26-17-10-8-15(9-11-17)21(28)27-22-19(23(29)30)18-12-24(2,3)14-25(4,5)20(18)32-22/h8-11,16,26H,7,12-14H2,1-6H3,(H,27,28)(H,29,30). The van der Waals surface area contributed by atoms with Crippen LogP contribution in [0, 0.1) is 5.41 Å². The molecular weight excluding hydrogens is 424 g/mol. The van der Waals surface area contributed by atoms with Gasteiger partial charge in [-0.2, -0.15) is 0 Å². The van der Waals surface area contributed by atoms with Gasteiger partial charge in [0.1, 0.15) is 5.00 Å². The molecule has 3 N–H and O–H groups in total. The lowest BCUT2D eigenvalue weighted by molar-refractivity contribution is 0.0696. The Morgan fingerprint density at radius 1 is 1.19 bits per heavy atom. The lowest BCUT2D eigenvalue weighted by Crippen LogP contribution is -2.34. The molecule has 1 atom stereocenters. The van der Waals surface area contributed by atoms with Crippen LogP contribution in [0.3, 0.4) is 0 Å². The minimum atomic E-state index is -0.991. The van der Waals surface area contributed by atoms with Gasteiger partial charge in [0.05, 0.1) is 12.2 Å². The van der Waals surface area contributed by atoms with Crippen LogP contribution in [-0.4, -0.2) is 36.7 Å². The first-order chi connectivity index (χ1) is 15.0. The first kappa shape index (κ1) is 24.3. The second-order valence-electron chi connectivity index (χ2n) is 10.1. The molecule has 0 fully saturated rings. The highest BCUT2D eigenvalue weighted by Gasteiger charge is 2.42. The first-order valence-corrected chi connectivity index (χ1v) is 11.9. The molecule has 0 saturated heterocycles. The van der Waals surface area contributed by atoms with Crippen molar-refractivity contribution in [2.24, 2.45) is 5.41 Å². The molecule has 1 aromatic heterocycles. The maximum Gasteiger partial charge on any atom is 0.339 e.